The number of carbonyl (C=O) groups excluding carboxylic acids is 1. The largest absolute Gasteiger partial charge is 0.469 e. The molecule has 7 nitrogen and oxygen atoms in total. The van der Waals surface area contributed by atoms with Gasteiger partial charge in [0.25, 0.3) is 0 Å². The van der Waals surface area contributed by atoms with E-state index in [0.29, 0.717) is 11.7 Å². The molecular formula is C21H21N5O2S. The van der Waals surface area contributed by atoms with Crippen molar-refractivity contribution in [2.24, 2.45) is 0 Å². The third-order valence-electron chi connectivity index (χ3n) is 4.99. The van der Waals surface area contributed by atoms with Gasteiger partial charge in [0, 0.05) is 30.8 Å². The Kier molecular flexibility index (Phi) is 5.53. The van der Waals surface area contributed by atoms with Gasteiger partial charge < -0.3 is 19.5 Å². The summed E-state index contributed by atoms with van der Waals surface area (Å²) < 4.78 is 6.91. The number of carbonyl (C=O) groups is 1. The Balaban J connectivity index is 1.75. The van der Waals surface area contributed by atoms with E-state index in [0.717, 1.165) is 17.1 Å². The van der Waals surface area contributed by atoms with Gasteiger partial charge in [-0.3, -0.25) is 14.8 Å². The van der Waals surface area contributed by atoms with Crippen molar-refractivity contribution in [1.29, 1.82) is 0 Å². The first-order valence-electron chi connectivity index (χ1n) is 9.31. The van der Waals surface area contributed by atoms with Crippen molar-refractivity contribution in [2.45, 2.75) is 18.5 Å². The molecule has 0 aliphatic carbocycles. The van der Waals surface area contributed by atoms with E-state index in [1.165, 1.54) is 7.11 Å². The molecule has 3 aromatic rings. The summed E-state index contributed by atoms with van der Waals surface area (Å²) in [6, 6.07) is 13.5. The fourth-order valence-corrected chi connectivity index (χ4v) is 3.98. The van der Waals surface area contributed by atoms with Crippen molar-refractivity contribution < 1.29 is 9.53 Å². The Bertz CT molecular complexity index is 993. The number of pyridine rings is 2. The maximum absolute atomic E-state index is 11.8. The predicted molar refractivity (Wildman–Crippen MR) is 112 cm³/mol. The first-order chi connectivity index (χ1) is 14.2. The molecule has 4 rings (SSSR count). The molecule has 3 aromatic heterocycles. The number of esters is 1. The Morgan fingerprint density at radius 1 is 1.21 bits per heavy atom. The summed E-state index contributed by atoms with van der Waals surface area (Å²) in [5.41, 5.74) is 2.88. The molecule has 1 saturated heterocycles. The number of nitrogens with zero attached hydrogens (tertiary/aromatic N) is 4. The van der Waals surface area contributed by atoms with Crippen molar-refractivity contribution in [3.05, 3.63) is 78.6 Å². The van der Waals surface area contributed by atoms with Crippen molar-refractivity contribution in [1.82, 2.24) is 24.8 Å². The van der Waals surface area contributed by atoms with E-state index < -0.39 is 0 Å². The molecule has 0 unspecified atom stereocenters. The minimum atomic E-state index is -0.268. The maximum atomic E-state index is 11.8. The number of methoxy groups -OCH3 is 1. The molecule has 1 aliphatic heterocycles. The van der Waals surface area contributed by atoms with E-state index in [1.54, 1.807) is 12.4 Å². The second kappa shape index (κ2) is 8.40. The lowest BCUT2D eigenvalue weighted by Crippen LogP contribution is -2.32. The fraction of sp³-hybridized carbons (Fsp3) is 0.238. The second-order valence-electron chi connectivity index (χ2n) is 6.66. The van der Waals surface area contributed by atoms with Crippen LogP contribution in [0.2, 0.25) is 0 Å². The van der Waals surface area contributed by atoms with Crippen LogP contribution in [0.1, 0.15) is 29.9 Å². The quantitative estimate of drug-likeness (QED) is 0.498. The Morgan fingerprint density at radius 2 is 2.10 bits per heavy atom. The molecule has 0 bridgehead atoms. The minimum absolute atomic E-state index is 0.141. The Morgan fingerprint density at radius 3 is 2.83 bits per heavy atom. The molecule has 1 fully saturated rings. The fourth-order valence-electron chi connectivity index (χ4n) is 3.65. The van der Waals surface area contributed by atoms with Crippen LogP contribution in [-0.4, -0.2) is 44.2 Å². The molecule has 1 aliphatic rings. The van der Waals surface area contributed by atoms with Crippen LogP contribution < -0.4 is 5.32 Å². The zero-order chi connectivity index (χ0) is 20.2. The van der Waals surface area contributed by atoms with Crippen LogP contribution in [0.15, 0.2) is 67.3 Å². The van der Waals surface area contributed by atoms with E-state index >= 15 is 0 Å². The van der Waals surface area contributed by atoms with Gasteiger partial charge in [-0.2, -0.15) is 0 Å². The van der Waals surface area contributed by atoms with E-state index in [-0.39, 0.29) is 24.5 Å². The van der Waals surface area contributed by atoms with Gasteiger partial charge in [-0.15, -0.1) is 0 Å². The zero-order valence-electron chi connectivity index (χ0n) is 15.9. The van der Waals surface area contributed by atoms with Crippen molar-refractivity contribution in [3.8, 4) is 5.69 Å². The van der Waals surface area contributed by atoms with Crippen LogP contribution in [0.4, 0.5) is 0 Å². The topological polar surface area (TPSA) is 72.3 Å². The molecule has 0 spiro atoms. The van der Waals surface area contributed by atoms with Crippen molar-refractivity contribution in [2.75, 3.05) is 13.7 Å². The normalized spacial score (nSPS) is 18.5. The monoisotopic (exact) mass is 407 g/mol. The summed E-state index contributed by atoms with van der Waals surface area (Å²) in [5.74, 6) is -0.268. The van der Waals surface area contributed by atoms with E-state index in [9.17, 15) is 4.79 Å². The average Bonchev–Trinajstić information content (AvgIpc) is 3.37. The standard InChI is InChI=1S/C21H21N5O2S/c1-28-18(27)9-13-26-20(19(24-21(26)29)16-7-2-3-11-23-16)17-8-5-12-25(17)15-6-4-10-22-14-15/h2-8,10-12,14,19-20H,9,13H2,1H3,(H,24,29)/t19-,20+/m1/s1. The predicted octanol–water partition coefficient (Wildman–Crippen LogP) is 2.80. The summed E-state index contributed by atoms with van der Waals surface area (Å²) in [4.78, 5) is 22.6. The van der Waals surface area contributed by atoms with Gasteiger partial charge in [0.2, 0.25) is 0 Å². The summed E-state index contributed by atoms with van der Waals surface area (Å²) in [7, 11) is 1.39. The first kappa shape index (κ1) is 19.1. The molecule has 29 heavy (non-hydrogen) atoms. The first-order valence-corrected chi connectivity index (χ1v) is 9.72. The second-order valence-corrected chi connectivity index (χ2v) is 7.05. The lowest BCUT2D eigenvalue weighted by molar-refractivity contribution is -0.140. The zero-order valence-corrected chi connectivity index (χ0v) is 16.7. The highest BCUT2D eigenvalue weighted by Crippen LogP contribution is 2.39. The number of nitrogens with one attached hydrogen (secondary N) is 1. The molecule has 0 saturated carbocycles. The van der Waals surface area contributed by atoms with Gasteiger partial charge in [0.05, 0.1) is 43.2 Å². The SMILES string of the molecule is COC(=O)CCN1C(=S)N[C@H](c2ccccn2)[C@@H]1c1cccn1-c1cccnc1. The summed E-state index contributed by atoms with van der Waals surface area (Å²) in [5, 5.41) is 3.98. The van der Waals surface area contributed by atoms with Gasteiger partial charge in [-0.05, 0) is 48.6 Å². The van der Waals surface area contributed by atoms with E-state index in [1.807, 2.05) is 53.7 Å². The molecule has 148 valence electrons. The number of aromatic nitrogens is 3. The van der Waals surface area contributed by atoms with Crippen LogP contribution >= 0.6 is 12.2 Å². The van der Waals surface area contributed by atoms with Crippen LogP contribution in [0.25, 0.3) is 5.69 Å². The van der Waals surface area contributed by atoms with Gasteiger partial charge in [-0.25, -0.2) is 0 Å². The van der Waals surface area contributed by atoms with E-state index in [4.69, 9.17) is 17.0 Å². The van der Waals surface area contributed by atoms with Gasteiger partial charge >= 0.3 is 5.97 Å². The summed E-state index contributed by atoms with van der Waals surface area (Å²) >= 11 is 5.63. The van der Waals surface area contributed by atoms with Crippen LogP contribution in [0.3, 0.4) is 0 Å². The molecular weight excluding hydrogens is 386 g/mol. The molecule has 2 atom stereocenters. The lowest BCUT2D eigenvalue weighted by Gasteiger charge is -2.28. The van der Waals surface area contributed by atoms with Crippen molar-refractivity contribution >= 4 is 23.3 Å². The van der Waals surface area contributed by atoms with Gasteiger partial charge in [0.1, 0.15) is 0 Å². The smallest absolute Gasteiger partial charge is 0.307 e. The summed E-state index contributed by atoms with van der Waals surface area (Å²) in [6.45, 7) is 0.449. The highest BCUT2D eigenvalue weighted by molar-refractivity contribution is 7.80. The highest BCUT2D eigenvalue weighted by Gasteiger charge is 2.41. The third kappa shape index (κ3) is 3.84. The molecule has 1 N–H and O–H groups in total. The maximum Gasteiger partial charge on any atom is 0.307 e. The number of thiocarbonyl (C=S) groups is 1. The lowest BCUT2D eigenvalue weighted by atomic mass is 10.0. The van der Waals surface area contributed by atoms with Crippen LogP contribution in [-0.2, 0) is 9.53 Å². The number of rotatable bonds is 6. The minimum Gasteiger partial charge on any atom is -0.469 e. The number of hydrogen-bond acceptors (Lipinski definition) is 5. The van der Waals surface area contributed by atoms with Crippen LogP contribution in [0.5, 0.6) is 0 Å². The van der Waals surface area contributed by atoms with Crippen molar-refractivity contribution in [3.63, 3.8) is 0 Å². The van der Waals surface area contributed by atoms with E-state index in [2.05, 4.69) is 25.9 Å². The highest BCUT2D eigenvalue weighted by atomic mass is 32.1. The average molecular weight is 407 g/mol. The molecule has 0 radical (unpaired) electrons. The molecule has 4 heterocycles. The molecule has 8 heteroatoms. The number of hydrogen-bond donors (Lipinski definition) is 1. The van der Waals surface area contributed by atoms with Crippen LogP contribution in [0, 0.1) is 0 Å². The number of ether oxygens (including phenoxy) is 1. The van der Waals surface area contributed by atoms with Gasteiger partial charge in [0.15, 0.2) is 5.11 Å². The summed E-state index contributed by atoms with van der Waals surface area (Å²) in [6.07, 6.45) is 7.59. The Hall–Kier alpha value is -3.26. The van der Waals surface area contributed by atoms with Gasteiger partial charge in [-0.1, -0.05) is 6.07 Å². The molecule has 0 aromatic carbocycles. The third-order valence-corrected chi connectivity index (χ3v) is 5.34. The molecule has 0 amide bonds. The Labute approximate surface area is 174 Å².